The molecular formula is C28H33F3N4O2S. The van der Waals surface area contributed by atoms with Gasteiger partial charge in [-0.25, -0.2) is 13.4 Å². The van der Waals surface area contributed by atoms with Crippen LogP contribution in [-0.2, 0) is 29.3 Å². The number of para-hydroxylation sites is 1. The highest BCUT2D eigenvalue weighted by Gasteiger charge is 2.36. The monoisotopic (exact) mass is 546 g/mol. The van der Waals surface area contributed by atoms with Gasteiger partial charge in [-0.05, 0) is 61.1 Å². The zero-order valence-electron chi connectivity index (χ0n) is 21.4. The average Bonchev–Trinajstić information content (AvgIpc) is 3.56. The lowest BCUT2D eigenvalue weighted by Crippen LogP contribution is -2.43. The summed E-state index contributed by atoms with van der Waals surface area (Å²) in [5, 5.41) is 0. The van der Waals surface area contributed by atoms with Crippen LogP contribution in [0.1, 0.15) is 60.9 Å². The minimum Gasteiger partial charge on any atom is -0.361 e. The van der Waals surface area contributed by atoms with Gasteiger partial charge in [0, 0.05) is 31.0 Å². The first-order valence-corrected chi connectivity index (χ1v) is 14.6. The molecule has 6 nitrogen and oxygen atoms in total. The minimum atomic E-state index is -4.53. The molecule has 1 aliphatic heterocycles. The number of H-pyrrole nitrogens is 1. The smallest absolute Gasteiger partial charge is 0.361 e. The quantitative estimate of drug-likeness (QED) is 0.378. The summed E-state index contributed by atoms with van der Waals surface area (Å²) >= 11 is 0. The number of hydrogen-bond acceptors (Lipinski definition) is 4. The Labute approximate surface area is 221 Å². The predicted octanol–water partition coefficient (Wildman–Crippen LogP) is 6.29. The Bertz CT molecular complexity index is 1340. The molecule has 1 aliphatic carbocycles. The van der Waals surface area contributed by atoms with Crippen LogP contribution in [0.15, 0.2) is 59.9 Å². The summed E-state index contributed by atoms with van der Waals surface area (Å²) in [7, 11) is -4.04. The fourth-order valence-electron chi connectivity index (χ4n) is 5.91. The summed E-state index contributed by atoms with van der Waals surface area (Å²) in [6, 6.07) is 9.60. The van der Waals surface area contributed by atoms with Gasteiger partial charge >= 0.3 is 6.18 Å². The summed E-state index contributed by atoms with van der Waals surface area (Å²) < 4.78 is 68.5. The number of aryl methyl sites for hydroxylation is 1. The van der Waals surface area contributed by atoms with Gasteiger partial charge in [0.15, 0.2) is 0 Å². The number of rotatable bonds is 7. The normalized spacial score (nSPS) is 19.5. The molecule has 0 spiro atoms. The van der Waals surface area contributed by atoms with Gasteiger partial charge in [-0.2, -0.15) is 17.5 Å². The molecule has 204 valence electrons. The molecule has 1 saturated carbocycles. The van der Waals surface area contributed by atoms with Crippen molar-refractivity contribution >= 4 is 15.7 Å². The maximum atomic E-state index is 13.8. The van der Waals surface area contributed by atoms with Crippen molar-refractivity contribution in [3.05, 3.63) is 77.4 Å². The van der Waals surface area contributed by atoms with Crippen LogP contribution in [0.2, 0.25) is 0 Å². The van der Waals surface area contributed by atoms with Gasteiger partial charge in [-0.1, -0.05) is 43.9 Å². The van der Waals surface area contributed by atoms with Gasteiger partial charge in [0.1, 0.15) is 0 Å². The number of halogens is 3. The maximum absolute atomic E-state index is 13.8. The van der Waals surface area contributed by atoms with E-state index in [1.54, 1.807) is 12.5 Å². The van der Waals surface area contributed by atoms with Gasteiger partial charge in [0.25, 0.3) is 0 Å². The molecule has 10 heteroatoms. The first-order valence-electron chi connectivity index (χ1n) is 13.1. The van der Waals surface area contributed by atoms with Crippen molar-refractivity contribution in [3.8, 4) is 0 Å². The number of aromatic amines is 1. The Morgan fingerprint density at radius 1 is 1.05 bits per heavy atom. The van der Waals surface area contributed by atoms with E-state index in [1.165, 1.54) is 30.0 Å². The number of anilines is 1. The van der Waals surface area contributed by atoms with E-state index < -0.39 is 21.8 Å². The van der Waals surface area contributed by atoms with Gasteiger partial charge in [-0.15, -0.1) is 0 Å². The lowest BCUT2D eigenvalue weighted by Gasteiger charge is -2.35. The second kappa shape index (κ2) is 10.7. The van der Waals surface area contributed by atoms with Gasteiger partial charge in [0.2, 0.25) is 10.0 Å². The van der Waals surface area contributed by atoms with Crippen LogP contribution < -0.4 is 4.90 Å². The highest BCUT2D eigenvalue weighted by atomic mass is 32.2. The largest absolute Gasteiger partial charge is 0.416 e. The van der Waals surface area contributed by atoms with E-state index in [0.717, 1.165) is 59.6 Å². The SMILES string of the molecule is Cc1cccc2c1N(Cc1cnc[nH]1)C(CCC1CCCC1)CN(S(=O)(=O)c1ccc(C(F)(F)F)cc1)C2. The van der Waals surface area contributed by atoms with Crippen molar-refractivity contribution in [1.82, 2.24) is 14.3 Å². The first-order chi connectivity index (χ1) is 18.1. The van der Waals surface area contributed by atoms with Crippen molar-refractivity contribution in [3.63, 3.8) is 0 Å². The van der Waals surface area contributed by atoms with E-state index in [2.05, 4.69) is 14.9 Å². The van der Waals surface area contributed by atoms with Gasteiger partial charge in [-0.3, -0.25) is 0 Å². The first kappa shape index (κ1) is 26.7. The molecule has 1 unspecified atom stereocenters. The van der Waals surface area contributed by atoms with Crippen molar-refractivity contribution in [2.45, 2.75) is 75.7 Å². The number of imidazole rings is 1. The molecule has 1 atom stereocenters. The Kier molecular flexibility index (Phi) is 7.55. The van der Waals surface area contributed by atoms with Crippen LogP contribution in [0, 0.1) is 12.8 Å². The number of hydrogen-bond donors (Lipinski definition) is 1. The number of nitrogens with zero attached hydrogens (tertiary/aromatic N) is 3. The molecule has 2 aromatic carbocycles. The van der Waals surface area contributed by atoms with Crippen LogP contribution in [0.25, 0.3) is 0 Å². The van der Waals surface area contributed by atoms with E-state index in [9.17, 15) is 21.6 Å². The van der Waals surface area contributed by atoms with Crippen LogP contribution in [-0.4, -0.2) is 35.3 Å². The van der Waals surface area contributed by atoms with Crippen molar-refractivity contribution in [1.29, 1.82) is 0 Å². The molecule has 0 saturated heterocycles. The van der Waals surface area contributed by atoms with Gasteiger partial charge < -0.3 is 9.88 Å². The standard InChI is InChI=1S/C28H33F3N4O2S/c1-20-5-4-8-22-16-34(38(36,37)26-13-10-23(11-14-26)28(29,30)31)18-25(12-9-21-6-2-3-7-21)35(27(20)22)17-24-15-32-19-33-24/h4-5,8,10-11,13-15,19,21,25H,2-3,6-7,9,12,16-18H2,1H3,(H,32,33). The van der Waals surface area contributed by atoms with E-state index in [-0.39, 0.29) is 24.0 Å². The lowest BCUT2D eigenvalue weighted by atomic mass is 9.97. The van der Waals surface area contributed by atoms with E-state index in [0.29, 0.717) is 12.5 Å². The van der Waals surface area contributed by atoms with Crippen LogP contribution >= 0.6 is 0 Å². The second-order valence-electron chi connectivity index (χ2n) is 10.5. The number of alkyl halides is 3. The third kappa shape index (κ3) is 5.61. The molecule has 38 heavy (non-hydrogen) atoms. The summed E-state index contributed by atoms with van der Waals surface area (Å²) in [5.41, 5.74) is 3.02. The molecule has 1 aromatic heterocycles. The van der Waals surface area contributed by atoms with Crippen molar-refractivity contribution in [2.24, 2.45) is 5.92 Å². The molecule has 0 radical (unpaired) electrons. The second-order valence-corrected chi connectivity index (χ2v) is 12.4. The number of aromatic nitrogens is 2. The topological polar surface area (TPSA) is 69.3 Å². The third-order valence-electron chi connectivity index (χ3n) is 7.91. The molecule has 0 bridgehead atoms. The zero-order chi connectivity index (χ0) is 26.9. The summed E-state index contributed by atoms with van der Waals surface area (Å²) in [5.74, 6) is 0.642. The highest BCUT2D eigenvalue weighted by molar-refractivity contribution is 7.89. The Morgan fingerprint density at radius 3 is 2.45 bits per heavy atom. The summed E-state index contributed by atoms with van der Waals surface area (Å²) in [6.07, 6.45) is 5.62. The van der Waals surface area contributed by atoms with Crippen molar-refractivity contribution in [2.75, 3.05) is 11.4 Å². The minimum absolute atomic E-state index is 0.106. The highest BCUT2D eigenvalue weighted by Crippen LogP contribution is 2.38. The molecular weight excluding hydrogens is 513 g/mol. The van der Waals surface area contributed by atoms with E-state index in [1.807, 2.05) is 25.1 Å². The molecule has 1 N–H and O–H groups in total. The summed E-state index contributed by atoms with van der Waals surface area (Å²) in [4.78, 5) is 9.53. The zero-order valence-corrected chi connectivity index (χ0v) is 22.2. The molecule has 2 aliphatic rings. The number of sulfonamides is 1. The molecule has 0 amide bonds. The Hall–Kier alpha value is -2.85. The van der Waals surface area contributed by atoms with Gasteiger partial charge in [0.05, 0.1) is 29.0 Å². The van der Waals surface area contributed by atoms with E-state index in [4.69, 9.17) is 0 Å². The molecule has 5 rings (SSSR count). The van der Waals surface area contributed by atoms with E-state index >= 15 is 0 Å². The number of fused-ring (bicyclic) bond motifs is 1. The average molecular weight is 547 g/mol. The third-order valence-corrected chi connectivity index (χ3v) is 9.73. The predicted molar refractivity (Wildman–Crippen MR) is 140 cm³/mol. The summed E-state index contributed by atoms with van der Waals surface area (Å²) in [6.45, 7) is 2.99. The molecule has 2 heterocycles. The molecule has 3 aromatic rings. The maximum Gasteiger partial charge on any atom is 0.416 e. The Morgan fingerprint density at radius 2 is 1.79 bits per heavy atom. The number of nitrogens with one attached hydrogen (secondary N) is 1. The van der Waals surface area contributed by atoms with Crippen LogP contribution in [0.4, 0.5) is 18.9 Å². The Balaban J connectivity index is 1.52. The fraction of sp³-hybridized carbons (Fsp3) is 0.464. The van der Waals surface area contributed by atoms with Crippen LogP contribution in [0.5, 0.6) is 0 Å². The van der Waals surface area contributed by atoms with Crippen molar-refractivity contribution < 1.29 is 21.6 Å². The number of benzene rings is 2. The fourth-order valence-corrected chi connectivity index (χ4v) is 7.37. The lowest BCUT2D eigenvalue weighted by molar-refractivity contribution is -0.137. The molecule has 1 fully saturated rings. The van der Waals surface area contributed by atoms with Crippen LogP contribution in [0.3, 0.4) is 0 Å².